The maximum atomic E-state index is 13.1. The van der Waals surface area contributed by atoms with Crippen LogP contribution in [0.5, 0.6) is 0 Å². The van der Waals surface area contributed by atoms with Gasteiger partial charge in [-0.3, -0.25) is 19.3 Å². The van der Waals surface area contributed by atoms with Crippen molar-refractivity contribution in [1.29, 1.82) is 0 Å². The van der Waals surface area contributed by atoms with Crippen LogP contribution < -0.4 is 0 Å². The van der Waals surface area contributed by atoms with Crippen molar-refractivity contribution >= 4 is 29.1 Å². The molecular formula is C21H22N2O3S. The fourth-order valence-corrected chi connectivity index (χ4v) is 4.91. The van der Waals surface area contributed by atoms with Gasteiger partial charge in [0, 0.05) is 29.8 Å². The first-order chi connectivity index (χ1) is 13.1. The van der Waals surface area contributed by atoms with Crippen LogP contribution in [0.15, 0.2) is 35.7 Å². The SMILES string of the molecule is CC[C@H]1c2ccsc2CCN1C(=O)c1ccc(CN2C(=O)CCC2=O)cc1. The average molecular weight is 382 g/mol. The van der Waals surface area contributed by atoms with Gasteiger partial charge in [0.05, 0.1) is 12.6 Å². The van der Waals surface area contributed by atoms with Gasteiger partial charge in [0.15, 0.2) is 0 Å². The molecule has 0 spiro atoms. The zero-order chi connectivity index (χ0) is 19.0. The highest BCUT2D eigenvalue weighted by molar-refractivity contribution is 7.10. The highest BCUT2D eigenvalue weighted by Gasteiger charge is 2.31. The van der Waals surface area contributed by atoms with Gasteiger partial charge in [-0.15, -0.1) is 11.3 Å². The first kappa shape index (κ1) is 17.9. The lowest BCUT2D eigenvalue weighted by Gasteiger charge is -2.35. The van der Waals surface area contributed by atoms with E-state index in [1.165, 1.54) is 15.3 Å². The molecule has 3 heterocycles. The van der Waals surface area contributed by atoms with Crippen molar-refractivity contribution < 1.29 is 14.4 Å². The van der Waals surface area contributed by atoms with Gasteiger partial charge in [-0.2, -0.15) is 0 Å². The quantitative estimate of drug-likeness (QED) is 0.760. The lowest BCUT2D eigenvalue weighted by atomic mass is 9.96. The maximum Gasteiger partial charge on any atom is 0.254 e. The predicted molar refractivity (Wildman–Crippen MR) is 103 cm³/mol. The monoisotopic (exact) mass is 382 g/mol. The smallest absolute Gasteiger partial charge is 0.254 e. The van der Waals surface area contributed by atoms with E-state index in [1.807, 2.05) is 17.0 Å². The Kier molecular flexibility index (Phi) is 4.83. The summed E-state index contributed by atoms with van der Waals surface area (Å²) in [4.78, 5) is 41.3. The molecule has 5 nitrogen and oxygen atoms in total. The van der Waals surface area contributed by atoms with E-state index in [9.17, 15) is 14.4 Å². The second-order valence-electron chi connectivity index (χ2n) is 7.04. The number of imide groups is 1. The molecule has 0 aliphatic carbocycles. The Bertz CT molecular complexity index is 871. The van der Waals surface area contributed by atoms with Crippen molar-refractivity contribution in [1.82, 2.24) is 9.80 Å². The summed E-state index contributed by atoms with van der Waals surface area (Å²) in [5.41, 5.74) is 2.79. The summed E-state index contributed by atoms with van der Waals surface area (Å²) in [6, 6.07) is 9.56. The molecule has 0 saturated carbocycles. The summed E-state index contributed by atoms with van der Waals surface area (Å²) < 4.78 is 0. The van der Waals surface area contributed by atoms with Gasteiger partial charge in [-0.1, -0.05) is 19.1 Å². The molecule has 1 saturated heterocycles. The molecule has 0 N–H and O–H groups in total. The number of thiophene rings is 1. The number of benzene rings is 1. The number of carbonyl (C=O) groups is 3. The van der Waals surface area contributed by atoms with E-state index in [0.717, 1.165) is 24.9 Å². The molecule has 2 aromatic rings. The molecule has 4 rings (SSSR count). The van der Waals surface area contributed by atoms with Crippen LogP contribution in [0, 0.1) is 0 Å². The van der Waals surface area contributed by atoms with Gasteiger partial charge in [0.1, 0.15) is 0 Å². The van der Waals surface area contributed by atoms with Crippen molar-refractivity contribution in [3.63, 3.8) is 0 Å². The number of nitrogens with zero attached hydrogens (tertiary/aromatic N) is 2. The predicted octanol–water partition coefficient (Wildman–Crippen LogP) is 3.55. The molecule has 1 fully saturated rings. The Hall–Kier alpha value is -2.47. The van der Waals surface area contributed by atoms with Crippen molar-refractivity contribution in [3.8, 4) is 0 Å². The molecule has 6 heteroatoms. The standard InChI is InChI=1S/C21H22N2O3S/c1-2-17-16-10-12-27-18(16)9-11-22(17)21(26)15-5-3-14(4-6-15)13-23-19(24)7-8-20(23)25/h3-6,10,12,17H,2,7-9,11,13H2,1H3/t17-/m0/s1. The van der Waals surface area contributed by atoms with Gasteiger partial charge in [-0.05, 0) is 47.5 Å². The molecule has 27 heavy (non-hydrogen) atoms. The highest BCUT2D eigenvalue weighted by atomic mass is 32.1. The number of likely N-dealkylation sites (tertiary alicyclic amines) is 1. The van der Waals surface area contributed by atoms with Gasteiger partial charge in [0.25, 0.3) is 5.91 Å². The van der Waals surface area contributed by atoms with E-state index in [4.69, 9.17) is 0 Å². The van der Waals surface area contributed by atoms with Crippen LogP contribution >= 0.6 is 11.3 Å². The minimum absolute atomic E-state index is 0.0403. The van der Waals surface area contributed by atoms with Gasteiger partial charge < -0.3 is 4.90 Å². The zero-order valence-electron chi connectivity index (χ0n) is 15.3. The largest absolute Gasteiger partial charge is 0.331 e. The van der Waals surface area contributed by atoms with E-state index in [1.54, 1.807) is 23.5 Å². The number of amides is 3. The fourth-order valence-electron chi connectivity index (χ4n) is 3.98. The number of rotatable bonds is 4. The lowest BCUT2D eigenvalue weighted by molar-refractivity contribution is -0.139. The molecule has 0 bridgehead atoms. The van der Waals surface area contributed by atoms with Crippen LogP contribution in [-0.2, 0) is 22.6 Å². The Morgan fingerprint density at radius 1 is 1.07 bits per heavy atom. The van der Waals surface area contributed by atoms with Crippen molar-refractivity contribution in [2.75, 3.05) is 6.54 Å². The van der Waals surface area contributed by atoms with Crippen molar-refractivity contribution in [3.05, 3.63) is 57.3 Å². The molecule has 140 valence electrons. The van der Waals surface area contributed by atoms with Crippen molar-refractivity contribution in [2.45, 2.75) is 45.2 Å². The second kappa shape index (κ2) is 7.27. The first-order valence-electron chi connectivity index (χ1n) is 9.38. The third-order valence-corrected chi connectivity index (χ3v) is 6.44. The molecule has 0 radical (unpaired) electrons. The van der Waals surface area contributed by atoms with Gasteiger partial charge in [-0.25, -0.2) is 0 Å². The molecule has 1 aromatic carbocycles. The summed E-state index contributed by atoms with van der Waals surface area (Å²) in [6.07, 6.45) is 2.40. The van der Waals surface area contributed by atoms with Crippen LogP contribution in [0.2, 0.25) is 0 Å². The molecule has 0 unspecified atom stereocenters. The summed E-state index contributed by atoms with van der Waals surface area (Å²) in [6.45, 7) is 3.14. The van der Waals surface area contributed by atoms with Crippen LogP contribution in [0.3, 0.4) is 0 Å². The Labute approximate surface area is 162 Å². The minimum atomic E-state index is -0.120. The second-order valence-corrected chi connectivity index (χ2v) is 8.04. The molecule has 2 aliphatic rings. The van der Waals surface area contributed by atoms with E-state index < -0.39 is 0 Å². The topological polar surface area (TPSA) is 57.7 Å². The van der Waals surface area contributed by atoms with E-state index in [0.29, 0.717) is 18.4 Å². The first-order valence-corrected chi connectivity index (χ1v) is 10.3. The minimum Gasteiger partial charge on any atom is -0.331 e. The van der Waals surface area contributed by atoms with Gasteiger partial charge in [0.2, 0.25) is 11.8 Å². The Morgan fingerprint density at radius 2 is 1.78 bits per heavy atom. The third kappa shape index (κ3) is 3.30. The van der Waals surface area contributed by atoms with Crippen LogP contribution in [0.1, 0.15) is 58.6 Å². The average Bonchev–Trinajstić information content (AvgIpc) is 3.29. The van der Waals surface area contributed by atoms with Crippen LogP contribution in [0.25, 0.3) is 0 Å². The lowest BCUT2D eigenvalue weighted by Crippen LogP contribution is -2.39. The Morgan fingerprint density at radius 3 is 2.44 bits per heavy atom. The zero-order valence-corrected chi connectivity index (χ0v) is 16.1. The van der Waals surface area contributed by atoms with Crippen LogP contribution in [-0.4, -0.2) is 34.1 Å². The number of hydrogen-bond acceptors (Lipinski definition) is 4. The summed E-state index contributed by atoms with van der Waals surface area (Å²) in [5, 5.41) is 2.11. The maximum absolute atomic E-state index is 13.1. The molecule has 2 aliphatic heterocycles. The number of hydrogen-bond donors (Lipinski definition) is 0. The third-order valence-electron chi connectivity index (χ3n) is 5.44. The highest BCUT2D eigenvalue weighted by Crippen LogP contribution is 2.36. The summed E-state index contributed by atoms with van der Waals surface area (Å²) >= 11 is 1.77. The van der Waals surface area contributed by atoms with Crippen LogP contribution in [0.4, 0.5) is 0 Å². The normalized spacial score (nSPS) is 19.5. The molecule has 3 amide bonds. The molecule has 1 atom stereocenters. The van der Waals surface area contributed by atoms with E-state index in [-0.39, 0.29) is 30.3 Å². The molecular weight excluding hydrogens is 360 g/mol. The Balaban J connectivity index is 1.49. The van der Waals surface area contributed by atoms with E-state index >= 15 is 0 Å². The number of carbonyl (C=O) groups excluding carboxylic acids is 3. The van der Waals surface area contributed by atoms with Gasteiger partial charge >= 0.3 is 0 Å². The summed E-state index contributed by atoms with van der Waals surface area (Å²) in [7, 11) is 0. The fraction of sp³-hybridized carbons (Fsp3) is 0.381. The van der Waals surface area contributed by atoms with Crippen molar-refractivity contribution in [2.24, 2.45) is 0 Å². The summed E-state index contributed by atoms with van der Waals surface area (Å²) in [5.74, 6) is -0.199. The number of fused-ring (bicyclic) bond motifs is 1. The molecule has 1 aromatic heterocycles. The van der Waals surface area contributed by atoms with E-state index in [2.05, 4.69) is 18.4 Å².